The SMILES string of the molecule is CN(Cc1nc2cc(Cl)c(Cl)cc2[nH]1)C(=O)[O-]. The van der Waals surface area contributed by atoms with E-state index in [1.807, 2.05) is 0 Å². The molecule has 2 rings (SSSR count). The van der Waals surface area contributed by atoms with Crippen molar-refractivity contribution in [1.82, 2.24) is 14.9 Å². The number of nitrogens with one attached hydrogen (secondary N) is 1. The fraction of sp³-hybridized carbons (Fsp3) is 0.200. The van der Waals surface area contributed by atoms with E-state index in [0.29, 0.717) is 26.9 Å². The predicted octanol–water partition coefficient (Wildman–Crippen LogP) is 1.64. The Morgan fingerprint density at radius 1 is 1.47 bits per heavy atom. The third-order valence-corrected chi connectivity index (χ3v) is 2.99. The zero-order chi connectivity index (χ0) is 12.6. The molecule has 0 saturated heterocycles. The molecule has 0 bridgehead atoms. The highest BCUT2D eigenvalue weighted by Crippen LogP contribution is 2.26. The second-order valence-corrected chi connectivity index (χ2v) is 4.40. The summed E-state index contributed by atoms with van der Waals surface area (Å²) in [5.41, 5.74) is 1.35. The molecule has 1 N–H and O–H groups in total. The molecule has 1 aromatic heterocycles. The van der Waals surface area contributed by atoms with Crippen LogP contribution in [0.4, 0.5) is 4.79 Å². The Balaban J connectivity index is 2.35. The summed E-state index contributed by atoms with van der Waals surface area (Å²) in [5, 5.41) is 11.4. The Labute approximate surface area is 107 Å². The van der Waals surface area contributed by atoms with Crippen molar-refractivity contribution in [3.05, 3.63) is 28.0 Å². The Kier molecular flexibility index (Phi) is 3.13. The molecule has 0 saturated carbocycles. The molecule has 1 aromatic carbocycles. The summed E-state index contributed by atoms with van der Waals surface area (Å²) in [4.78, 5) is 18.7. The van der Waals surface area contributed by atoms with Gasteiger partial charge in [-0.2, -0.15) is 0 Å². The highest BCUT2D eigenvalue weighted by Gasteiger charge is 2.08. The van der Waals surface area contributed by atoms with Crippen LogP contribution in [0.15, 0.2) is 12.1 Å². The number of carbonyl (C=O) groups excluding carboxylic acids is 1. The van der Waals surface area contributed by atoms with E-state index in [2.05, 4.69) is 9.97 Å². The molecule has 2 aromatic rings. The molecule has 0 aliphatic carbocycles. The number of hydrogen-bond donors (Lipinski definition) is 1. The standard InChI is InChI=1S/C10H9Cl2N3O2/c1-15(10(16)17)4-9-13-7-2-5(11)6(12)3-8(7)14-9/h2-3H,4H2,1H3,(H,13,14)(H,16,17)/p-1. The summed E-state index contributed by atoms with van der Waals surface area (Å²) in [6.45, 7) is 0.117. The van der Waals surface area contributed by atoms with Crippen LogP contribution < -0.4 is 5.11 Å². The van der Waals surface area contributed by atoms with Crippen molar-refractivity contribution in [1.29, 1.82) is 0 Å². The topological polar surface area (TPSA) is 72.0 Å². The number of amides is 1. The molecule has 0 atom stereocenters. The number of aromatic amines is 1. The lowest BCUT2D eigenvalue weighted by Gasteiger charge is -2.17. The zero-order valence-electron chi connectivity index (χ0n) is 8.83. The molecule has 17 heavy (non-hydrogen) atoms. The Bertz CT molecular complexity index is 543. The lowest BCUT2D eigenvalue weighted by Crippen LogP contribution is -2.38. The van der Waals surface area contributed by atoms with Crippen molar-refractivity contribution in [2.24, 2.45) is 0 Å². The van der Waals surface area contributed by atoms with Gasteiger partial charge in [-0.05, 0) is 12.1 Å². The molecule has 0 aliphatic heterocycles. The first-order valence-electron chi connectivity index (χ1n) is 4.73. The highest BCUT2D eigenvalue weighted by molar-refractivity contribution is 6.42. The van der Waals surface area contributed by atoms with Crippen LogP contribution in [0.3, 0.4) is 0 Å². The normalized spacial score (nSPS) is 10.8. The zero-order valence-corrected chi connectivity index (χ0v) is 10.3. The Morgan fingerprint density at radius 3 is 2.76 bits per heavy atom. The average Bonchev–Trinajstić information content (AvgIpc) is 2.60. The second-order valence-electron chi connectivity index (χ2n) is 3.59. The van der Waals surface area contributed by atoms with E-state index in [1.165, 1.54) is 7.05 Å². The van der Waals surface area contributed by atoms with Crippen LogP contribution in [0.2, 0.25) is 10.0 Å². The van der Waals surface area contributed by atoms with Gasteiger partial charge in [0.25, 0.3) is 0 Å². The molecule has 7 heteroatoms. The summed E-state index contributed by atoms with van der Waals surface area (Å²) in [6.07, 6.45) is -1.26. The van der Waals surface area contributed by atoms with E-state index < -0.39 is 6.09 Å². The number of nitrogens with zero attached hydrogens (tertiary/aromatic N) is 2. The third kappa shape index (κ3) is 2.45. The number of rotatable bonds is 2. The summed E-state index contributed by atoms with van der Waals surface area (Å²) < 4.78 is 0. The van der Waals surface area contributed by atoms with Gasteiger partial charge < -0.3 is 19.8 Å². The van der Waals surface area contributed by atoms with Crippen LogP contribution in [0.5, 0.6) is 0 Å². The van der Waals surface area contributed by atoms with Gasteiger partial charge in [0.15, 0.2) is 0 Å². The minimum atomic E-state index is -1.26. The van der Waals surface area contributed by atoms with Crippen molar-refractivity contribution in [2.75, 3.05) is 7.05 Å². The average molecular weight is 273 g/mol. The number of halogens is 2. The fourth-order valence-electron chi connectivity index (χ4n) is 1.42. The molecular formula is C10H8Cl2N3O2-. The van der Waals surface area contributed by atoms with Crippen LogP contribution in [0.1, 0.15) is 5.82 Å². The first-order valence-corrected chi connectivity index (χ1v) is 5.48. The highest BCUT2D eigenvalue weighted by atomic mass is 35.5. The van der Waals surface area contributed by atoms with Crippen molar-refractivity contribution >= 4 is 40.3 Å². The molecule has 5 nitrogen and oxygen atoms in total. The maximum atomic E-state index is 10.6. The van der Waals surface area contributed by atoms with Gasteiger partial charge in [0, 0.05) is 7.05 Å². The quantitative estimate of drug-likeness (QED) is 0.904. The van der Waals surface area contributed by atoms with Crippen molar-refractivity contribution in [2.45, 2.75) is 6.54 Å². The molecule has 1 heterocycles. The maximum absolute atomic E-state index is 10.6. The lowest BCUT2D eigenvalue weighted by molar-refractivity contribution is -0.264. The van der Waals surface area contributed by atoms with Crippen LogP contribution in [-0.2, 0) is 6.54 Å². The van der Waals surface area contributed by atoms with Gasteiger partial charge in [-0.15, -0.1) is 0 Å². The minimum Gasteiger partial charge on any atom is -0.530 e. The van der Waals surface area contributed by atoms with Gasteiger partial charge in [0.1, 0.15) is 11.9 Å². The minimum absolute atomic E-state index is 0.117. The van der Waals surface area contributed by atoms with Gasteiger partial charge in [-0.1, -0.05) is 23.2 Å². The molecule has 0 aliphatic rings. The Morgan fingerprint density at radius 2 is 2.12 bits per heavy atom. The smallest absolute Gasteiger partial charge is 0.137 e. The van der Waals surface area contributed by atoms with E-state index in [9.17, 15) is 9.90 Å². The molecule has 0 fully saturated rings. The maximum Gasteiger partial charge on any atom is 0.137 e. The van der Waals surface area contributed by atoms with Crippen molar-refractivity contribution in [3.63, 3.8) is 0 Å². The number of H-pyrrole nitrogens is 1. The molecule has 90 valence electrons. The van der Waals surface area contributed by atoms with E-state index in [4.69, 9.17) is 23.2 Å². The number of benzene rings is 1. The summed E-state index contributed by atoms with van der Waals surface area (Å²) in [7, 11) is 1.41. The third-order valence-electron chi connectivity index (χ3n) is 2.27. The van der Waals surface area contributed by atoms with Crippen molar-refractivity contribution < 1.29 is 9.90 Å². The number of imidazole rings is 1. The van der Waals surface area contributed by atoms with Crippen molar-refractivity contribution in [3.8, 4) is 0 Å². The van der Waals surface area contributed by atoms with Crippen LogP contribution >= 0.6 is 23.2 Å². The summed E-state index contributed by atoms with van der Waals surface area (Å²) >= 11 is 11.7. The van der Waals surface area contributed by atoms with Crippen LogP contribution in [-0.4, -0.2) is 28.0 Å². The largest absolute Gasteiger partial charge is 0.530 e. The lowest BCUT2D eigenvalue weighted by atomic mass is 10.3. The molecule has 0 spiro atoms. The number of carboxylic acid groups (broad SMARTS) is 1. The molecule has 0 unspecified atom stereocenters. The second kappa shape index (κ2) is 4.43. The predicted molar refractivity (Wildman–Crippen MR) is 63.0 cm³/mol. The van der Waals surface area contributed by atoms with E-state index >= 15 is 0 Å². The van der Waals surface area contributed by atoms with Gasteiger partial charge in [0.05, 0.1) is 27.6 Å². The Hall–Kier alpha value is -1.46. The van der Waals surface area contributed by atoms with E-state index in [0.717, 1.165) is 4.90 Å². The first-order chi connectivity index (χ1) is 7.97. The number of carbonyl (C=O) groups is 1. The first kappa shape index (κ1) is 12.0. The molecular weight excluding hydrogens is 265 g/mol. The number of hydrogen-bond acceptors (Lipinski definition) is 3. The molecule has 1 amide bonds. The van der Waals surface area contributed by atoms with Crippen LogP contribution in [0, 0.1) is 0 Å². The summed E-state index contributed by atoms with van der Waals surface area (Å²) in [6, 6.07) is 3.27. The fourth-order valence-corrected chi connectivity index (χ4v) is 1.74. The van der Waals surface area contributed by atoms with E-state index in [-0.39, 0.29) is 6.54 Å². The van der Waals surface area contributed by atoms with Gasteiger partial charge in [-0.3, -0.25) is 0 Å². The monoisotopic (exact) mass is 272 g/mol. The van der Waals surface area contributed by atoms with Gasteiger partial charge in [-0.25, -0.2) is 4.98 Å². The number of aromatic nitrogens is 2. The van der Waals surface area contributed by atoms with Gasteiger partial charge in [0.2, 0.25) is 0 Å². The summed E-state index contributed by atoms with van der Waals surface area (Å²) in [5.74, 6) is 0.505. The van der Waals surface area contributed by atoms with Gasteiger partial charge >= 0.3 is 0 Å². The van der Waals surface area contributed by atoms with E-state index in [1.54, 1.807) is 12.1 Å². The van der Waals surface area contributed by atoms with Crippen LogP contribution in [0.25, 0.3) is 11.0 Å². The number of fused-ring (bicyclic) bond motifs is 1. The molecule has 0 radical (unpaired) electrons.